The third kappa shape index (κ3) is 12.6. The number of rotatable bonds is 6. The molecule has 30 heavy (non-hydrogen) atoms. The van der Waals surface area contributed by atoms with Gasteiger partial charge in [0.2, 0.25) is 0 Å². The average molecular weight is 429 g/mol. The molecular weight excluding hydrogens is 384 g/mol. The predicted octanol–water partition coefficient (Wildman–Crippen LogP) is 8.75. The van der Waals surface area contributed by atoms with Gasteiger partial charge in [0.05, 0.1) is 5.69 Å². The Hall–Kier alpha value is -1.87. The van der Waals surface area contributed by atoms with E-state index < -0.39 is 0 Å². The zero-order valence-electron chi connectivity index (χ0n) is 20.5. The van der Waals surface area contributed by atoms with Crippen molar-refractivity contribution in [2.24, 2.45) is 11.8 Å². The van der Waals surface area contributed by atoms with E-state index in [0.29, 0.717) is 5.69 Å². The number of nitrogens with one attached hydrogen (secondary N) is 1. The lowest BCUT2D eigenvalue weighted by Crippen LogP contribution is -2.00. The van der Waals surface area contributed by atoms with Crippen LogP contribution in [0.3, 0.4) is 0 Å². The summed E-state index contributed by atoms with van der Waals surface area (Å²) < 4.78 is 0. The predicted molar refractivity (Wildman–Crippen MR) is 142 cm³/mol. The molecule has 0 spiro atoms. The van der Waals surface area contributed by atoms with Gasteiger partial charge in [0.15, 0.2) is 0 Å². The Morgan fingerprint density at radius 1 is 0.967 bits per heavy atom. The lowest BCUT2D eigenvalue weighted by molar-refractivity contribution is 0.576. The van der Waals surface area contributed by atoms with E-state index in [0.717, 1.165) is 33.7 Å². The van der Waals surface area contributed by atoms with Crippen LogP contribution >= 0.6 is 12.6 Å². The summed E-state index contributed by atoms with van der Waals surface area (Å²) in [7, 11) is 0. The molecule has 0 unspecified atom stereocenters. The van der Waals surface area contributed by atoms with Crippen molar-refractivity contribution in [1.29, 1.82) is 0 Å². The largest absolute Gasteiger partial charge is 0.399 e. The number of hydrogen-bond acceptors (Lipinski definition) is 3. The standard InChI is InChI=1S/C16H18N2S.C6H14.C5H12/c1-10-6-11(2)8-13(7-10)12(3)18-15-9-14(17)4-5-16(15)19;1-4-5-6(2)3;1-4-5(2)3/h4-9,18-19H,3,17H2,1-2H3;6H,4-5H2,1-3H3;5H,4H2,1-3H3. The van der Waals surface area contributed by atoms with Gasteiger partial charge in [-0.25, -0.2) is 0 Å². The average Bonchev–Trinajstić information content (AvgIpc) is 2.64. The number of benzene rings is 2. The number of aryl methyl sites for hydroxylation is 2. The van der Waals surface area contributed by atoms with Crippen LogP contribution < -0.4 is 11.1 Å². The highest BCUT2D eigenvalue weighted by Gasteiger charge is 2.04. The monoisotopic (exact) mass is 428 g/mol. The van der Waals surface area contributed by atoms with E-state index in [1.807, 2.05) is 18.2 Å². The Bertz CT molecular complexity index is 743. The van der Waals surface area contributed by atoms with Gasteiger partial charge < -0.3 is 11.1 Å². The maximum absolute atomic E-state index is 5.79. The topological polar surface area (TPSA) is 38.0 Å². The second-order valence-electron chi connectivity index (χ2n) is 8.74. The van der Waals surface area contributed by atoms with Crippen molar-refractivity contribution in [3.05, 3.63) is 59.7 Å². The van der Waals surface area contributed by atoms with Gasteiger partial charge in [-0.05, 0) is 61.6 Å². The maximum atomic E-state index is 5.79. The molecule has 0 bridgehead atoms. The Kier molecular flexibility index (Phi) is 14.1. The zero-order valence-corrected chi connectivity index (χ0v) is 21.4. The van der Waals surface area contributed by atoms with Crippen LogP contribution in [0.5, 0.6) is 0 Å². The van der Waals surface area contributed by atoms with Gasteiger partial charge in [-0.2, -0.15) is 0 Å². The fraction of sp³-hybridized carbons (Fsp3) is 0.481. The fourth-order valence-corrected chi connectivity index (χ4v) is 2.81. The first kappa shape index (κ1) is 28.1. The molecule has 0 aromatic heterocycles. The first-order chi connectivity index (χ1) is 14.0. The first-order valence-corrected chi connectivity index (χ1v) is 11.6. The molecule has 0 saturated carbocycles. The van der Waals surface area contributed by atoms with Crippen LogP contribution in [-0.4, -0.2) is 0 Å². The molecule has 0 saturated heterocycles. The van der Waals surface area contributed by atoms with Crippen molar-refractivity contribution in [3.63, 3.8) is 0 Å². The van der Waals surface area contributed by atoms with Crippen LogP contribution in [0.4, 0.5) is 11.4 Å². The zero-order chi connectivity index (χ0) is 23.3. The molecule has 168 valence electrons. The number of anilines is 2. The van der Waals surface area contributed by atoms with Crippen molar-refractivity contribution >= 4 is 29.7 Å². The van der Waals surface area contributed by atoms with Crippen molar-refractivity contribution in [1.82, 2.24) is 0 Å². The van der Waals surface area contributed by atoms with Gasteiger partial charge in [0, 0.05) is 16.3 Å². The molecule has 0 aliphatic heterocycles. The summed E-state index contributed by atoms with van der Waals surface area (Å²) in [6.45, 7) is 21.6. The normalized spacial score (nSPS) is 10.1. The van der Waals surface area contributed by atoms with Crippen LogP contribution in [0, 0.1) is 25.7 Å². The number of nitrogens with two attached hydrogens (primary N) is 1. The van der Waals surface area contributed by atoms with E-state index in [-0.39, 0.29) is 0 Å². The molecule has 3 heteroatoms. The highest BCUT2D eigenvalue weighted by Crippen LogP contribution is 2.26. The third-order valence-corrected chi connectivity index (χ3v) is 4.95. The minimum absolute atomic E-state index is 0.702. The molecule has 0 aliphatic rings. The summed E-state index contributed by atoms with van der Waals surface area (Å²) in [5.74, 6) is 1.78. The van der Waals surface area contributed by atoms with Crippen molar-refractivity contribution in [2.45, 2.75) is 79.5 Å². The Morgan fingerprint density at radius 2 is 1.50 bits per heavy atom. The molecule has 0 radical (unpaired) electrons. The van der Waals surface area contributed by atoms with Gasteiger partial charge in [0.1, 0.15) is 0 Å². The van der Waals surface area contributed by atoms with E-state index in [2.05, 4.69) is 98.1 Å². The van der Waals surface area contributed by atoms with E-state index >= 15 is 0 Å². The fourth-order valence-electron chi connectivity index (χ4n) is 2.61. The highest BCUT2D eigenvalue weighted by molar-refractivity contribution is 7.80. The molecule has 0 atom stereocenters. The van der Waals surface area contributed by atoms with E-state index in [1.165, 1.54) is 30.4 Å². The summed E-state index contributed by atoms with van der Waals surface area (Å²) in [4.78, 5) is 0.847. The molecule has 2 nitrogen and oxygen atoms in total. The van der Waals surface area contributed by atoms with Crippen molar-refractivity contribution in [2.75, 3.05) is 11.1 Å². The lowest BCUT2D eigenvalue weighted by Gasteiger charge is -2.13. The second-order valence-corrected chi connectivity index (χ2v) is 9.22. The molecule has 2 aromatic carbocycles. The van der Waals surface area contributed by atoms with Crippen LogP contribution in [0.25, 0.3) is 5.70 Å². The number of nitrogen functional groups attached to an aromatic ring is 1. The molecule has 2 aromatic rings. The summed E-state index contributed by atoms with van der Waals surface area (Å²) in [6.07, 6.45) is 4.01. The summed E-state index contributed by atoms with van der Waals surface area (Å²) >= 11 is 4.41. The number of thiol groups is 1. The summed E-state index contributed by atoms with van der Waals surface area (Å²) in [5, 5.41) is 3.27. The molecule has 0 amide bonds. The van der Waals surface area contributed by atoms with Gasteiger partial charge in [0.25, 0.3) is 0 Å². The van der Waals surface area contributed by atoms with E-state index in [1.54, 1.807) is 0 Å². The highest BCUT2D eigenvalue weighted by atomic mass is 32.1. The van der Waals surface area contributed by atoms with Crippen LogP contribution in [0.15, 0.2) is 47.9 Å². The van der Waals surface area contributed by atoms with Crippen LogP contribution in [0.2, 0.25) is 0 Å². The van der Waals surface area contributed by atoms with Gasteiger partial charge in [-0.1, -0.05) is 84.6 Å². The van der Waals surface area contributed by atoms with E-state index in [4.69, 9.17) is 5.73 Å². The van der Waals surface area contributed by atoms with Crippen molar-refractivity contribution in [3.8, 4) is 0 Å². The second kappa shape index (κ2) is 15.0. The Labute approximate surface area is 191 Å². The maximum Gasteiger partial charge on any atom is 0.0540 e. The van der Waals surface area contributed by atoms with Crippen LogP contribution in [-0.2, 0) is 0 Å². The van der Waals surface area contributed by atoms with Crippen molar-refractivity contribution < 1.29 is 0 Å². The lowest BCUT2D eigenvalue weighted by atomic mass is 10.1. The SMILES string of the molecule is C=C(Nc1cc(N)ccc1S)c1cc(C)cc(C)c1.CCC(C)C.CCCC(C)C. The molecule has 0 aliphatic carbocycles. The Morgan fingerprint density at radius 3 is 1.90 bits per heavy atom. The smallest absolute Gasteiger partial charge is 0.0540 e. The van der Waals surface area contributed by atoms with E-state index in [9.17, 15) is 0 Å². The Balaban J connectivity index is 0.000000634. The molecule has 0 fully saturated rings. The minimum atomic E-state index is 0.702. The number of hydrogen-bond donors (Lipinski definition) is 3. The minimum Gasteiger partial charge on any atom is -0.399 e. The van der Waals surface area contributed by atoms with Crippen LogP contribution in [0.1, 0.15) is 77.5 Å². The summed E-state index contributed by atoms with van der Waals surface area (Å²) in [6, 6.07) is 11.9. The quantitative estimate of drug-likeness (QED) is 0.318. The third-order valence-electron chi connectivity index (χ3n) is 4.56. The molecule has 0 heterocycles. The molecular formula is C27H44N2S. The first-order valence-electron chi connectivity index (χ1n) is 11.1. The van der Waals surface area contributed by atoms with Gasteiger partial charge >= 0.3 is 0 Å². The summed E-state index contributed by atoms with van der Waals surface area (Å²) in [5.41, 5.74) is 11.7. The molecule has 2 rings (SSSR count). The van der Waals surface area contributed by atoms with Gasteiger partial charge in [-0.15, -0.1) is 12.6 Å². The molecule has 3 N–H and O–H groups in total. The van der Waals surface area contributed by atoms with Gasteiger partial charge in [-0.3, -0.25) is 0 Å².